The largest absolute Gasteiger partial charge is 0.396 e. The topological polar surface area (TPSA) is 57.8 Å². The monoisotopic (exact) mass is 287 g/mol. The molecule has 1 unspecified atom stereocenters. The van der Waals surface area contributed by atoms with E-state index in [0.29, 0.717) is 18.2 Å². The molecule has 3 rings (SSSR count). The number of aromatic nitrogens is 2. The van der Waals surface area contributed by atoms with Crippen LogP contribution in [0.3, 0.4) is 0 Å². The third kappa shape index (κ3) is 3.14. The Morgan fingerprint density at radius 2 is 2.24 bits per heavy atom. The Balaban J connectivity index is 1.85. The Hall–Kier alpha value is -1.72. The van der Waals surface area contributed by atoms with Crippen molar-refractivity contribution in [1.82, 2.24) is 14.3 Å². The third-order valence-electron chi connectivity index (χ3n) is 4.20. The number of pyridine rings is 1. The lowest BCUT2D eigenvalue weighted by Crippen LogP contribution is -2.40. The number of hydrogen-bond donors (Lipinski definition) is 1. The van der Waals surface area contributed by atoms with Gasteiger partial charge in [-0.2, -0.15) is 0 Å². The quantitative estimate of drug-likeness (QED) is 0.924. The Bertz CT molecular complexity index is 666. The molecule has 0 amide bonds. The van der Waals surface area contributed by atoms with Crippen LogP contribution in [0.2, 0.25) is 0 Å². The lowest BCUT2D eigenvalue weighted by molar-refractivity contribution is 0.111. The molecule has 21 heavy (non-hydrogen) atoms. The number of aliphatic hydroxyl groups is 1. The van der Waals surface area contributed by atoms with Crippen LogP contribution in [0.4, 0.5) is 0 Å². The number of piperidine rings is 1. The summed E-state index contributed by atoms with van der Waals surface area (Å²) in [4.78, 5) is 19.0. The van der Waals surface area contributed by atoms with Gasteiger partial charge in [0.15, 0.2) is 0 Å². The summed E-state index contributed by atoms with van der Waals surface area (Å²) in [5.41, 5.74) is 1.47. The van der Waals surface area contributed by atoms with E-state index in [1.165, 1.54) is 12.8 Å². The highest BCUT2D eigenvalue weighted by Gasteiger charge is 2.22. The van der Waals surface area contributed by atoms with Gasteiger partial charge in [-0.1, -0.05) is 12.5 Å². The van der Waals surface area contributed by atoms with E-state index in [4.69, 9.17) is 0 Å². The maximum atomic E-state index is 12.1. The summed E-state index contributed by atoms with van der Waals surface area (Å²) in [6, 6.07) is 7.60. The molecule has 0 spiro atoms. The van der Waals surface area contributed by atoms with Crippen molar-refractivity contribution in [2.45, 2.75) is 38.3 Å². The number of fused-ring (bicyclic) bond motifs is 1. The number of likely N-dealkylation sites (tertiary alicyclic amines) is 1. The van der Waals surface area contributed by atoms with Crippen molar-refractivity contribution >= 4 is 5.65 Å². The molecule has 1 fully saturated rings. The molecule has 0 aromatic carbocycles. The van der Waals surface area contributed by atoms with Gasteiger partial charge in [-0.3, -0.25) is 14.1 Å². The van der Waals surface area contributed by atoms with Crippen LogP contribution in [-0.4, -0.2) is 38.6 Å². The fourth-order valence-corrected chi connectivity index (χ4v) is 3.14. The standard InChI is InChI=1S/C16H21N3O2/c20-10-7-14-5-1-3-8-18(14)12-13-11-16(21)19-9-4-2-6-15(19)17-13/h2,4,6,9,11,14,20H,1,3,5,7-8,10,12H2. The van der Waals surface area contributed by atoms with Crippen molar-refractivity contribution in [3.8, 4) is 0 Å². The zero-order valence-electron chi connectivity index (χ0n) is 12.1. The molecule has 0 bridgehead atoms. The van der Waals surface area contributed by atoms with Crippen LogP contribution in [0.1, 0.15) is 31.4 Å². The van der Waals surface area contributed by atoms with Gasteiger partial charge in [0, 0.05) is 31.5 Å². The Morgan fingerprint density at radius 1 is 1.33 bits per heavy atom. The zero-order valence-corrected chi connectivity index (χ0v) is 12.1. The van der Waals surface area contributed by atoms with Gasteiger partial charge < -0.3 is 5.11 Å². The molecule has 2 aromatic rings. The van der Waals surface area contributed by atoms with Crippen LogP contribution in [0.25, 0.3) is 5.65 Å². The first kappa shape index (κ1) is 14.2. The minimum Gasteiger partial charge on any atom is -0.396 e. The van der Waals surface area contributed by atoms with Gasteiger partial charge in [0.2, 0.25) is 0 Å². The molecule has 1 N–H and O–H groups in total. The van der Waals surface area contributed by atoms with Crippen LogP contribution in [0.15, 0.2) is 35.3 Å². The first-order valence-corrected chi connectivity index (χ1v) is 7.60. The zero-order chi connectivity index (χ0) is 14.7. The fraction of sp³-hybridized carbons (Fsp3) is 0.500. The van der Waals surface area contributed by atoms with E-state index < -0.39 is 0 Å². The molecule has 1 aliphatic heterocycles. The van der Waals surface area contributed by atoms with E-state index >= 15 is 0 Å². The molecule has 0 radical (unpaired) electrons. The Kier molecular flexibility index (Phi) is 4.31. The van der Waals surface area contributed by atoms with Crippen LogP contribution in [0.5, 0.6) is 0 Å². The van der Waals surface area contributed by atoms with E-state index in [2.05, 4.69) is 9.88 Å². The summed E-state index contributed by atoms with van der Waals surface area (Å²) < 4.78 is 1.56. The highest BCUT2D eigenvalue weighted by Crippen LogP contribution is 2.21. The second-order valence-electron chi connectivity index (χ2n) is 5.65. The van der Waals surface area contributed by atoms with Crippen LogP contribution >= 0.6 is 0 Å². The first-order valence-electron chi connectivity index (χ1n) is 7.60. The van der Waals surface area contributed by atoms with Gasteiger partial charge in [-0.05, 0) is 37.9 Å². The summed E-state index contributed by atoms with van der Waals surface area (Å²) in [5.74, 6) is 0. The van der Waals surface area contributed by atoms with Crippen LogP contribution in [-0.2, 0) is 6.54 Å². The average molecular weight is 287 g/mol. The van der Waals surface area contributed by atoms with Gasteiger partial charge in [0.1, 0.15) is 5.65 Å². The number of nitrogens with zero attached hydrogens (tertiary/aromatic N) is 3. The number of hydrogen-bond acceptors (Lipinski definition) is 4. The van der Waals surface area contributed by atoms with Crippen molar-refractivity contribution < 1.29 is 5.11 Å². The Morgan fingerprint density at radius 3 is 3.10 bits per heavy atom. The Labute approximate surface area is 123 Å². The van der Waals surface area contributed by atoms with Crippen molar-refractivity contribution in [3.05, 3.63) is 46.5 Å². The lowest BCUT2D eigenvalue weighted by Gasteiger charge is -2.35. The molecule has 3 heterocycles. The number of rotatable bonds is 4. The van der Waals surface area contributed by atoms with Gasteiger partial charge >= 0.3 is 0 Å². The fourth-order valence-electron chi connectivity index (χ4n) is 3.14. The minimum atomic E-state index is -0.0358. The molecular weight excluding hydrogens is 266 g/mol. The highest BCUT2D eigenvalue weighted by atomic mass is 16.3. The van der Waals surface area contributed by atoms with Crippen molar-refractivity contribution in [3.63, 3.8) is 0 Å². The molecule has 1 aliphatic rings. The molecule has 0 aliphatic carbocycles. The van der Waals surface area contributed by atoms with Crippen LogP contribution < -0.4 is 5.56 Å². The van der Waals surface area contributed by atoms with Gasteiger partial charge in [0.05, 0.1) is 5.69 Å². The molecule has 112 valence electrons. The number of aliphatic hydroxyl groups excluding tert-OH is 1. The van der Waals surface area contributed by atoms with E-state index in [9.17, 15) is 9.90 Å². The van der Waals surface area contributed by atoms with E-state index in [1.807, 2.05) is 18.2 Å². The lowest BCUT2D eigenvalue weighted by atomic mass is 9.99. The van der Waals surface area contributed by atoms with Crippen molar-refractivity contribution in [1.29, 1.82) is 0 Å². The van der Waals surface area contributed by atoms with Crippen molar-refractivity contribution in [2.75, 3.05) is 13.2 Å². The SMILES string of the molecule is O=c1cc(CN2CCCCC2CCO)nc2ccccn12. The van der Waals surface area contributed by atoms with Crippen LogP contribution in [0, 0.1) is 0 Å². The molecule has 1 atom stereocenters. The normalized spacial score (nSPS) is 20.0. The summed E-state index contributed by atoms with van der Waals surface area (Å²) in [6.07, 6.45) is 6.05. The summed E-state index contributed by atoms with van der Waals surface area (Å²) in [5, 5.41) is 9.19. The van der Waals surface area contributed by atoms with E-state index in [0.717, 1.165) is 25.1 Å². The summed E-state index contributed by atoms with van der Waals surface area (Å²) in [6.45, 7) is 1.92. The summed E-state index contributed by atoms with van der Waals surface area (Å²) in [7, 11) is 0. The molecule has 5 nitrogen and oxygen atoms in total. The second kappa shape index (κ2) is 6.37. The first-order chi connectivity index (χ1) is 10.3. The van der Waals surface area contributed by atoms with Gasteiger partial charge in [-0.25, -0.2) is 4.98 Å². The molecule has 2 aromatic heterocycles. The molecule has 5 heteroatoms. The third-order valence-corrected chi connectivity index (χ3v) is 4.20. The minimum absolute atomic E-state index is 0.0358. The van der Waals surface area contributed by atoms with E-state index in [1.54, 1.807) is 16.7 Å². The maximum Gasteiger partial charge on any atom is 0.258 e. The maximum absolute atomic E-state index is 12.1. The van der Waals surface area contributed by atoms with Crippen molar-refractivity contribution in [2.24, 2.45) is 0 Å². The van der Waals surface area contributed by atoms with E-state index in [-0.39, 0.29) is 12.2 Å². The molecule has 1 saturated heterocycles. The molecule has 0 saturated carbocycles. The highest BCUT2D eigenvalue weighted by molar-refractivity contribution is 5.37. The summed E-state index contributed by atoms with van der Waals surface area (Å²) >= 11 is 0. The average Bonchev–Trinajstić information content (AvgIpc) is 2.50. The van der Waals surface area contributed by atoms with Gasteiger partial charge in [0.25, 0.3) is 5.56 Å². The predicted octanol–water partition coefficient (Wildman–Crippen LogP) is 1.43. The van der Waals surface area contributed by atoms with Gasteiger partial charge in [-0.15, -0.1) is 0 Å². The second-order valence-corrected chi connectivity index (χ2v) is 5.65. The molecular formula is C16H21N3O2. The smallest absolute Gasteiger partial charge is 0.258 e. The predicted molar refractivity (Wildman–Crippen MR) is 81.2 cm³/mol.